The first-order valence-corrected chi connectivity index (χ1v) is 9.88. The monoisotopic (exact) mass is 429 g/mol. The first-order valence-electron chi connectivity index (χ1n) is 9.88. The minimum atomic E-state index is -0.523. The van der Waals surface area contributed by atoms with Crippen molar-refractivity contribution < 1.29 is 9.21 Å². The Bertz CT molecular complexity index is 1470. The molecule has 0 saturated heterocycles. The average Bonchev–Trinajstić information content (AvgIpc) is 3.32. The van der Waals surface area contributed by atoms with E-state index in [9.17, 15) is 9.59 Å². The quantitative estimate of drug-likeness (QED) is 0.370. The maximum atomic E-state index is 12.4. The van der Waals surface area contributed by atoms with Crippen molar-refractivity contribution in [1.29, 1.82) is 0 Å². The zero-order chi connectivity index (χ0) is 22.1. The Labute approximate surface area is 181 Å². The van der Waals surface area contributed by atoms with E-state index in [-0.39, 0.29) is 5.95 Å². The number of carbonyl (C=O) groups is 1. The van der Waals surface area contributed by atoms with E-state index in [2.05, 4.69) is 26.3 Å². The number of rotatable bonds is 5. The molecule has 2 aromatic carbocycles. The lowest BCUT2D eigenvalue weighted by Crippen LogP contribution is -2.34. The summed E-state index contributed by atoms with van der Waals surface area (Å²) >= 11 is 0. The van der Waals surface area contributed by atoms with Crippen LogP contribution in [0.2, 0.25) is 0 Å². The van der Waals surface area contributed by atoms with Gasteiger partial charge < -0.3 is 9.73 Å². The molecule has 10 heteroatoms. The number of aromatic nitrogens is 4. The molecule has 0 aliphatic heterocycles. The lowest BCUT2D eigenvalue weighted by atomic mass is 10.1. The summed E-state index contributed by atoms with van der Waals surface area (Å²) in [5.74, 6) is -0.205. The molecule has 10 nitrogen and oxygen atoms in total. The molecular weight excluding hydrogens is 410 g/mol. The Morgan fingerprint density at radius 3 is 2.84 bits per heavy atom. The topological polar surface area (TPSA) is 118 Å². The number of urea groups is 1. The van der Waals surface area contributed by atoms with Crippen LogP contribution >= 0.6 is 0 Å². The smallest absolute Gasteiger partial charge is 0.408 e. The molecule has 0 atom stereocenters. The molecule has 0 fully saturated rings. The predicted molar refractivity (Wildman–Crippen MR) is 120 cm³/mol. The van der Waals surface area contributed by atoms with Gasteiger partial charge in [-0.3, -0.25) is 9.99 Å². The third kappa shape index (κ3) is 3.88. The Morgan fingerprint density at radius 2 is 2.00 bits per heavy atom. The van der Waals surface area contributed by atoms with Crippen molar-refractivity contribution in [2.75, 3.05) is 10.7 Å². The molecule has 160 valence electrons. The highest BCUT2D eigenvalue weighted by Gasteiger charge is 2.12. The second kappa shape index (κ2) is 7.91. The third-order valence-electron chi connectivity index (χ3n) is 4.88. The van der Waals surface area contributed by atoms with Crippen molar-refractivity contribution in [2.24, 2.45) is 0 Å². The Balaban J connectivity index is 1.28. The number of hydrogen-bond acceptors (Lipinski definition) is 6. The molecule has 0 aliphatic rings. The van der Waals surface area contributed by atoms with E-state index in [0.717, 1.165) is 11.1 Å². The molecule has 0 radical (unpaired) electrons. The maximum absolute atomic E-state index is 12.4. The van der Waals surface area contributed by atoms with Gasteiger partial charge in [0.05, 0.1) is 12.1 Å². The highest BCUT2D eigenvalue weighted by molar-refractivity contribution is 5.92. The van der Waals surface area contributed by atoms with E-state index in [1.165, 1.54) is 0 Å². The summed E-state index contributed by atoms with van der Waals surface area (Å²) in [5.41, 5.74) is 9.40. The standard InChI is InChI=1S/C22H19N7O3/c1-14-5-4-6-15(11-14)13-28-17-9-8-16(12-18(17)32-22(28)31)23-21(30)26-25-20-24-19-7-2-3-10-29(19)27-20/h2-12H,13H2,1H3,(H,25,27)(H2,23,26,30). The average molecular weight is 429 g/mol. The minimum Gasteiger partial charge on any atom is -0.408 e. The number of benzene rings is 2. The van der Waals surface area contributed by atoms with Gasteiger partial charge in [0, 0.05) is 18.0 Å². The number of amides is 2. The summed E-state index contributed by atoms with van der Waals surface area (Å²) in [6.45, 7) is 2.40. The van der Waals surface area contributed by atoms with E-state index in [4.69, 9.17) is 4.42 Å². The van der Waals surface area contributed by atoms with Crippen LogP contribution in [0.25, 0.3) is 16.7 Å². The van der Waals surface area contributed by atoms with Crippen molar-refractivity contribution in [2.45, 2.75) is 13.5 Å². The fraction of sp³-hybridized carbons (Fsp3) is 0.0909. The number of anilines is 2. The molecule has 0 saturated carbocycles. The van der Waals surface area contributed by atoms with E-state index in [0.29, 0.717) is 29.0 Å². The second-order valence-electron chi connectivity index (χ2n) is 7.27. The van der Waals surface area contributed by atoms with Gasteiger partial charge in [-0.15, -0.1) is 5.10 Å². The molecule has 2 amide bonds. The van der Waals surface area contributed by atoms with Crippen LogP contribution in [-0.4, -0.2) is 25.2 Å². The van der Waals surface area contributed by atoms with Crippen molar-refractivity contribution in [3.8, 4) is 0 Å². The molecule has 0 spiro atoms. The molecule has 5 aromatic rings. The molecule has 3 N–H and O–H groups in total. The Kier molecular flexibility index (Phi) is 4.79. The van der Waals surface area contributed by atoms with E-state index in [1.54, 1.807) is 39.5 Å². The molecular formula is C22H19N7O3. The lowest BCUT2D eigenvalue weighted by molar-refractivity contribution is 0.253. The summed E-state index contributed by atoms with van der Waals surface area (Å²) in [7, 11) is 0. The number of nitrogens with zero attached hydrogens (tertiary/aromatic N) is 4. The van der Waals surface area contributed by atoms with Crippen molar-refractivity contribution in [3.05, 3.63) is 88.5 Å². The van der Waals surface area contributed by atoms with Gasteiger partial charge in [0.2, 0.25) is 0 Å². The van der Waals surface area contributed by atoms with Crippen molar-refractivity contribution in [1.82, 2.24) is 24.6 Å². The SMILES string of the molecule is Cc1cccc(Cn2c(=O)oc3cc(NC(=O)NNc4nc5ccccn5n4)ccc32)c1. The first kappa shape index (κ1) is 19.4. The molecule has 32 heavy (non-hydrogen) atoms. The Morgan fingerprint density at radius 1 is 1.09 bits per heavy atom. The molecule has 5 rings (SSSR count). The van der Waals surface area contributed by atoms with Gasteiger partial charge >= 0.3 is 11.8 Å². The summed E-state index contributed by atoms with van der Waals surface area (Å²) in [5, 5.41) is 6.86. The van der Waals surface area contributed by atoms with Gasteiger partial charge in [-0.2, -0.15) is 4.98 Å². The van der Waals surface area contributed by atoms with Crippen molar-refractivity contribution >= 4 is 34.4 Å². The van der Waals surface area contributed by atoms with Crippen LogP contribution in [-0.2, 0) is 6.54 Å². The van der Waals surface area contributed by atoms with Gasteiger partial charge in [0.15, 0.2) is 11.2 Å². The second-order valence-corrected chi connectivity index (χ2v) is 7.27. The van der Waals surface area contributed by atoms with Gasteiger partial charge in [0.25, 0.3) is 5.95 Å². The number of hydrazine groups is 1. The minimum absolute atomic E-state index is 0.251. The van der Waals surface area contributed by atoms with E-state index < -0.39 is 11.8 Å². The number of oxazole rings is 1. The molecule has 3 aromatic heterocycles. The Hall–Kier alpha value is -4.60. The summed E-state index contributed by atoms with van der Waals surface area (Å²) in [6, 6.07) is 17.9. The van der Waals surface area contributed by atoms with Crippen LogP contribution in [0.15, 0.2) is 76.1 Å². The zero-order valence-electron chi connectivity index (χ0n) is 17.1. The number of pyridine rings is 1. The largest absolute Gasteiger partial charge is 0.420 e. The van der Waals surface area contributed by atoms with Crippen LogP contribution in [0.1, 0.15) is 11.1 Å². The summed E-state index contributed by atoms with van der Waals surface area (Å²) < 4.78 is 8.53. The number of fused-ring (bicyclic) bond motifs is 2. The molecule has 0 unspecified atom stereocenters. The normalized spacial score (nSPS) is 11.0. The van der Waals surface area contributed by atoms with Crippen LogP contribution in [0.4, 0.5) is 16.4 Å². The first-order chi connectivity index (χ1) is 15.5. The number of nitrogens with one attached hydrogen (secondary N) is 3. The predicted octanol–water partition coefficient (Wildman–Crippen LogP) is 3.14. The van der Waals surface area contributed by atoms with E-state index in [1.807, 2.05) is 43.3 Å². The number of hydrogen-bond donors (Lipinski definition) is 3. The fourth-order valence-electron chi connectivity index (χ4n) is 3.45. The van der Waals surface area contributed by atoms with Gasteiger partial charge in [0.1, 0.15) is 0 Å². The van der Waals surface area contributed by atoms with Gasteiger partial charge in [-0.1, -0.05) is 35.9 Å². The molecule has 0 bridgehead atoms. The zero-order valence-corrected chi connectivity index (χ0v) is 17.1. The van der Waals surface area contributed by atoms with Crippen molar-refractivity contribution in [3.63, 3.8) is 0 Å². The van der Waals surface area contributed by atoms with Crippen LogP contribution in [0.5, 0.6) is 0 Å². The van der Waals surface area contributed by atoms with E-state index >= 15 is 0 Å². The molecule has 3 heterocycles. The highest BCUT2D eigenvalue weighted by atomic mass is 16.4. The number of carbonyl (C=O) groups excluding carboxylic acids is 1. The summed E-state index contributed by atoms with van der Waals surface area (Å²) in [4.78, 5) is 28.8. The summed E-state index contributed by atoms with van der Waals surface area (Å²) in [6.07, 6.45) is 1.75. The molecule has 0 aliphatic carbocycles. The number of aryl methyl sites for hydroxylation is 1. The maximum Gasteiger partial charge on any atom is 0.420 e. The fourth-order valence-corrected chi connectivity index (χ4v) is 3.45. The highest BCUT2D eigenvalue weighted by Crippen LogP contribution is 2.19. The van der Waals surface area contributed by atoms with Crippen LogP contribution < -0.4 is 21.9 Å². The van der Waals surface area contributed by atoms with Gasteiger partial charge in [-0.25, -0.2) is 19.5 Å². The van der Waals surface area contributed by atoms with Gasteiger partial charge in [-0.05, 0) is 36.8 Å². The van der Waals surface area contributed by atoms with Crippen LogP contribution in [0.3, 0.4) is 0 Å². The van der Waals surface area contributed by atoms with Crippen LogP contribution in [0, 0.1) is 6.92 Å². The third-order valence-corrected chi connectivity index (χ3v) is 4.88. The lowest BCUT2D eigenvalue weighted by Gasteiger charge is -2.08.